The van der Waals surface area contributed by atoms with Gasteiger partial charge in [-0.05, 0) is 36.1 Å². The molecular formula is C12H17NO2. The number of hydrogen-bond donors (Lipinski definition) is 2. The molecule has 0 aliphatic heterocycles. The summed E-state index contributed by atoms with van der Waals surface area (Å²) in [5, 5.41) is 11.8. The molecule has 82 valence electrons. The fourth-order valence-corrected chi connectivity index (χ4v) is 1.67. The molecule has 15 heavy (non-hydrogen) atoms. The number of carbonyl (C=O) groups excluding carboxylic acids is 1. The SMILES string of the molecule is CC(=O)NCc1c(C)cc(CO)cc1C. The van der Waals surface area contributed by atoms with Crippen molar-refractivity contribution in [2.45, 2.75) is 33.9 Å². The van der Waals surface area contributed by atoms with Crippen LogP contribution < -0.4 is 5.32 Å². The quantitative estimate of drug-likeness (QED) is 0.787. The normalized spacial score (nSPS) is 10.1. The third-order valence-corrected chi connectivity index (χ3v) is 2.45. The highest BCUT2D eigenvalue weighted by atomic mass is 16.3. The molecule has 1 aromatic carbocycles. The first kappa shape index (κ1) is 11.7. The van der Waals surface area contributed by atoms with Crippen molar-refractivity contribution in [2.24, 2.45) is 0 Å². The van der Waals surface area contributed by atoms with Gasteiger partial charge in [-0.15, -0.1) is 0 Å². The number of carbonyl (C=O) groups is 1. The van der Waals surface area contributed by atoms with Crippen molar-refractivity contribution in [3.63, 3.8) is 0 Å². The molecule has 0 radical (unpaired) electrons. The minimum absolute atomic E-state index is 0.0277. The third kappa shape index (κ3) is 3.06. The Bertz CT molecular complexity index is 349. The van der Waals surface area contributed by atoms with E-state index in [9.17, 15) is 4.79 Å². The summed E-state index contributed by atoms with van der Waals surface area (Å²) in [5.74, 6) is -0.0277. The van der Waals surface area contributed by atoms with Crippen LogP contribution in [0.25, 0.3) is 0 Å². The first-order valence-electron chi connectivity index (χ1n) is 4.99. The number of aryl methyl sites for hydroxylation is 2. The summed E-state index contributed by atoms with van der Waals surface area (Å²) in [6.45, 7) is 6.10. The maximum absolute atomic E-state index is 10.8. The molecule has 2 N–H and O–H groups in total. The smallest absolute Gasteiger partial charge is 0.217 e. The average molecular weight is 207 g/mol. The van der Waals surface area contributed by atoms with Crippen LogP contribution in [-0.2, 0) is 17.9 Å². The van der Waals surface area contributed by atoms with E-state index >= 15 is 0 Å². The molecule has 0 saturated heterocycles. The van der Waals surface area contributed by atoms with Gasteiger partial charge in [0.2, 0.25) is 5.91 Å². The van der Waals surface area contributed by atoms with Gasteiger partial charge in [0.1, 0.15) is 0 Å². The molecule has 0 aliphatic rings. The Morgan fingerprint density at radius 1 is 1.33 bits per heavy atom. The summed E-state index contributed by atoms with van der Waals surface area (Å²) in [6, 6.07) is 3.90. The van der Waals surface area contributed by atoms with Gasteiger partial charge >= 0.3 is 0 Å². The topological polar surface area (TPSA) is 49.3 Å². The molecule has 1 rings (SSSR count). The van der Waals surface area contributed by atoms with Gasteiger partial charge < -0.3 is 10.4 Å². The Hall–Kier alpha value is -1.35. The number of rotatable bonds is 3. The van der Waals surface area contributed by atoms with Crippen LogP contribution in [0.5, 0.6) is 0 Å². The molecule has 1 aromatic rings. The second-order valence-electron chi connectivity index (χ2n) is 3.78. The minimum atomic E-state index is -0.0277. The number of hydrogen-bond acceptors (Lipinski definition) is 2. The summed E-state index contributed by atoms with van der Waals surface area (Å²) in [6.07, 6.45) is 0. The lowest BCUT2D eigenvalue weighted by Gasteiger charge is -2.12. The van der Waals surface area contributed by atoms with E-state index < -0.39 is 0 Å². The number of amides is 1. The van der Waals surface area contributed by atoms with Crippen molar-refractivity contribution in [3.05, 3.63) is 34.4 Å². The molecule has 0 spiro atoms. The predicted molar refractivity (Wildman–Crippen MR) is 59.4 cm³/mol. The van der Waals surface area contributed by atoms with Crippen molar-refractivity contribution in [2.75, 3.05) is 0 Å². The molecule has 0 unspecified atom stereocenters. The summed E-state index contributed by atoms with van der Waals surface area (Å²) < 4.78 is 0. The van der Waals surface area contributed by atoms with E-state index in [0.29, 0.717) is 6.54 Å². The van der Waals surface area contributed by atoms with Gasteiger partial charge in [-0.25, -0.2) is 0 Å². The van der Waals surface area contributed by atoms with E-state index in [2.05, 4.69) is 5.32 Å². The van der Waals surface area contributed by atoms with Crippen molar-refractivity contribution in [1.82, 2.24) is 5.32 Å². The highest BCUT2D eigenvalue weighted by Gasteiger charge is 2.05. The molecule has 0 heterocycles. The van der Waals surface area contributed by atoms with Gasteiger partial charge in [0, 0.05) is 13.5 Å². The van der Waals surface area contributed by atoms with Gasteiger partial charge in [0.25, 0.3) is 0 Å². The van der Waals surface area contributed by atoms with Gasteiger partial charge in [0.15, 0.2) is 0 Å². The van der Waals surface area contributed by atoms with E-state index in [4.69, 9.17) is 5.11 Å². The Morgan fingerprint density at radius 2 is 1.87 bits per heavy atom. The summed E-state index contributed by atoms with van der Waals surface area (Å²) in [5.41, 5.74) is 4.25. The zero-order valence-corrected chi connectivity index (χ0v) is 9.42. The summed E-state index contributed by atoms with van der Waals surface area (Å²) in [7, 11) is 0. The van der Waals surface area contributed by atoms with Gasteiger partial charge in [0.05, 0.1) is 6.61 Å². The van der Waals surface area contributed by atoms with E-state index in [1.54, 1.807) is 0 Å². The monoisotopic (exact) mass is 207 g/mol. The average Bonchev–Trinajstić information content (AvgIpc) is 2.15. The number of aliphatic hydroxyl groups is 1. The molecule has 0 fully saturated rings. The maximum Gasteiger partial charge on any atom is 0.217 e. The van der Waals surface area contributed by atoms with Gasteiger partial charge in [-0.2, -0.15) is 0 Å². The molecule has 0 bridgehead atoms. The van der Waals surface area contributed by atoms with Crippen LogP contribution in [0.4, 0.5) is 0 Å². The molecule has 0 aromatic heterocycles. The van der Waals surface area contributed by atoms with Crippen LogP contribution in [0.15, 0.2) is 12.1 Å². The van der Waals surface area contributed by atoms with Crippen LogP contribution >= 0.6 is 0 Å². The lowest BCUT2D eigenvalue weighted by atomic mass is 9.99. The molecule has 3 heteroatoms. The Labute approximate surface area is 90.1 Å². The van der Waals surface area contributed by atoms with Crippen LogP contribution in [0, 0.1) is 13.8 Å². The van der Waals surface area contributed by atoms with E-state index in [1.165, 1.54) is 6.92 Å². The molecule has 0 aliphatic carbocycles. The second kappa shape index (κ2) is 4.94. The Morgan fingerprint density at radius 3 is 2.27 bits per heavy atom. The molecule has 0 saturated carbocycles. The second-order valence-corrected chi connectivity index (χ2v) is 3.78. The van der Waals surface area contributed by atoms with Crippen LogP contribution in [0.2, 0.25) is 0 Å². The number of aliphatic hydroxyl groups excluding tert-OH is 1. The fourth-order valence-electron chi connectivity index (χ4n) is 1.67. The highest BCUT2D eigenvalue weighted by molar-refractivity contribution is 5.72. The van der Waals surface area contributed by atoms with Gasteiger partial charge in [-0.1, -0.05) is 12.1 Å². The van der Waals surface area contributed by atoms with Crippen molar-refractivity contribution in [1.29, 1.82) is 0 Å². The standard InChI is InChI=1S/C12H17NO2/c1-8-4-11(7-14)5-9(2)12(8)6-13-10(3)15/h4-5,14H,6-7H2,1-3H3,(H,13,15). The Balaban J connectivity index is 2.92. The maximum atomic E-state index is 10.8. The van der Waals surface area contributed by atoms with Crippen LogP contribution in [0.3, 0.4) is 0 Å². The molecule has 1 amide bonds. The first-order valence-corrected chi connectivity index (χ1v) is 4.99. The lowest BCUT2D eigenvalue weighted by molar-refractivity contribution is -0.119. The molecule has 0 atom stereocenters. The molecular weight excluding hydrogens is 190 g/mol. The van der Waals surface area contributed by atoms with E-state index in [0.717, 1.165) is 22.3 Å². The largest absolute Gasteiger partial charge is 0.392 e. The zero-order chi connectivity index (χ0) is 11.4. The van der Waals surface area contributed by atoms with Crippen molar-refractivity contribution in [3.8, 4) is 0 Å². The van der Waals surface area contributed by atoms with Crippen molar-refractivity contribution < 1.29 is 9.90 Å². The fraction of sp³-hybridized carbons (Fsp3) is 0.417. The summed E-state index contributed by atoms with van der Waals surface area (Å²) >= 11 is 0. The van der Waals surface area contributed by atoms with Gasteiger partial charge in [-0.3, -0.25) is 4.79 Å². The van der Waals surface area contributed by atoms with E-state index in [1.807, 2.05) is 26.0 Å². The first-order chi connectivity index (χ1) is 7.04. The van der Waals surface area contributed by atoms with E-state index in [-0.39, 0.29) is 12.5 Å². The minimum Gasteiger partial charge on any atom is -0.392 e. The highest BCUT2D eigenvalue weighted by Crippen LogP contribution is 2.16. The summed E-state index contributed by atoms with van der Waals surface area (Å²) in [4.78, 5) is 10.8. The van der Waals surface area contributed by atoms with Crippen LogP contribution in [-0.4, -0.2) is 11.0 Å². The predicted octanol–water partition coefficient (Wildman–Crippen LogP) is 1.43. The number of nitrogens with one attached hydrogen (secondary N) is 1. The molecule has 3 nitrogen and oxygen atoms in total. The lowest BCUT2D eigenvalue weighted by Crippen LogP contribution is -2.20. The zero-order valence-electron chi connectivity index (χ0n) is 9.42. The van der Waals surface area contributed by atoms with Crippen molar-refractivity contribution >= 4 is 5.91 Å². The van der Waals surface area contributed by atoms with Crippen LogP contribution in [0.1, 0.15) is 29.2 Å². The third-order valence-electron chi connectivity index (χ3n) is 2.45. The number of benzene rings is 1. The Kier molecular flexibility index (Phi) is 3.86.